The molecule has 3 N–H and O–H groups in total. The number of carbonyl (C=O) groups is 2. The Bertz CT molecular complexity index is 982. The average molecular weight is 889 g/mol. The SMILES string of the molecule is CCCCC/C=C\C/C=C\CCCCCCCC(=O)OCCCCCCCCCCCCC(=O)NC(CO)C(O)CCCCCCCCCCCCCCCCCCCCCCC. The summed E-state index contributed by atoms with van der Waals surface area (Å²) < 4.78 is 5.45. The molecule has 0 spiro atoms. The van der Waals surface area contributed by atoms with Crippen molar-refractivity contribution in [1.82, 2.24) is 5.32 Å². The largest absolute Gasteiger partial charge is 0.466 e. The van der Waals surface area contributed by atoms with Gasteiger partial charge in [-0.2, -0.15) is 0 Å². The lowest BCUT2D eigenvalue weighted by Crippen LogP contribution is -2.45. The smallest absolute Gasteiger partial charge is 0.305 e. The lowest BCUT2D eigenvalue weighted by Gasteiger charge is -2.22. The molecule has 0 aromatic heterocycles. The van der Waals surface area contributed by atoms with Crippen LogP contribution in [0.25, 0.3) is 0 Å². The fourth-order valence-corrected chi connectivity index (χ4v) is 8.67. The van der Waals surface area contributed by atoms with Crippen molar-refractivity contribution in [2.24, 2.45) is 0 Å². The van der Waals surface area contributed by atoms with Crippen LogP contribution in [0, 0.1) is 0 Å². The van der Waals surface area contributed by atoms with Crippen molar-refractivity contribution in [3.63, 3.8) is 0 Å². The second kappa shape index (κ2) is 53.0. The zero-order chi connectivity index (χ0) is 45.8. The highest BCUT2D eigenvalue weighted by molar-refractivity contribution is 5.76. The number of unbranched alkanes of at least 4 members (excludes halogenated alkanes) is 37. The Hall–Kier alpha value is -1.66. The Balaban J connectivity index is 3.48. The number of allylic oxidation sites excluding steroid dienone is 4. The van der Waals surface area contributed by atoms with Crippen LogP contribution < -0.4 is 5.32 Å². The van der Waals surface area contributed by atoms with Crippen molar-refractivity contribution in [2.45, 2.75) is 315 Å². The lowest BCUT2D eigenvalue weighted by molar-refractivity contribution is -0.143. The predicted molar refractivity (Wildman–Crippen MR) is 273 cm³/mol. The first kappa shape index (κ1) is 61.3. The highest BCUT2D eigenvalue weighted by Gasteiger charge is 2.20. The Morgan fingerprint density at radius 3 is 1.24 bits per heavy atom. The molecule has 0 aromatic rings. The molecule has 0 aliphatic carbocycles. The van der Waals surface area contributed by atoms with Crippen LogP contribution in [0.4, 0.5) is 0 Å². The van der Waals surface area contributed by atoms with E-state index in [0.29, 0.717) is 25.9 Å². The fraction of sp³-hybridized carbons (Fsp3) is 0.895. The number of rotatable bonds is 52. The third kappa shape index (κ3) is 49.6. The topological polar surface area (TPSA) is 95.9 Å². The minimum Gasteiger partial charge on any atom is -0.466 e. The second-order valence-electron chi connectivity index (χ2n) is 19.3. The van der Waals surface area contributed by atoms with Gasteiger partial charge in [0.05, 0.1) is 25.4 Å². The molecule has 0 saturated carbocycles. The third-order valence-corrected chi connectivity index (χ3v) is 13.0. The zero-order valence-corrected chi connectivity index (χ0v) is 42.3. The van der Waals surface area contributed by atoms with Gasteiger partial charge >= 0.3 is 5.97 Å². The molecule has 2 unspecified atom stereocenters. The minimum absolute atomic E-state index is 0.0320. The summed E-state index contributed by atoms with van der Waals surface area (Å²) in [5.41, 5.74) is 0. The molecule has 0 saturated heterocycles. The minimum atomic E-state index is -0.681. The van der Waals surface area contributed by atoms with Crippen LogP contribution in [0.5, 0.6) is 0 Å². The van der Waals surface area contributed by atoms with Crippen molar-refractivity contribution in [2.75, 3.05) is 13.2 Å². The normalized spacial score (nSPS) is 12.8. The van der Waals surface area contributed by atoms with Crippen molar-refractivity contribution in [3.05, 3.63) is 24.3 Å². The second-order valence-corrected chi connectivity index (χ2v) is 19.3. The summed E-state index contributed by atoms with van der Waals surface area (Å²) in [4.78, 5) is 24.5. The van der Waals surface area contributed by atoms with Gasteiger partial charge in [-0.25, -0.2) is 0 Å². The summed E-state index contributed by atoms with van der Waals surface area (Å²) in [7, 11) is 0. The number of aliphatic hydroxyl groups is 2. The molecule has 0 aromatic carbocycles. The summed E-state index contributed by atoms with van der Waals surface area (Å²) >= 11 is 0. The molecule has 0 fully saturated rings. The van der Waals surface area contributed by atoms with E-state index in [1.165, 1.54) is 199 Å². The number of nitrogens with one attached hydrogen (secondary N) is 1. The summed E-state index contributed by atoms with van der Waals surface area (Å²) in [6.07, 6.45) is 63.0. The van der Waals surface area contributed by atoms with Gasteiger partial charge in [0, 0.05) is 12.8 Å². The highest BCUT2D eigenvalue weighted by atomic mass is 16.5. The zero-order valence-electron chi connectivity index (χ0n) is 42.3. The molecule has 0 radical (unpaired) electrons. The van der Waals surface area contributed by atoms with E-state index in [1.807, 2.05) is 0 Å². The molecule has 372 valence electrons. The monoisotopic (exact) mass is 888 g/mol. The molecule has 0 aliphatic rings. The van der Waals surface area contributed by atoms with E-state index in [0.717, 1.165) is 70.6 Å². The van der Waals surface area contributed by atoms with Gasteiger partial charge in [-0.15, -0.1) is 0 Å². The predicted octanol–water partition coefficient (Wildman–Crippen LogP) is 17.1. The van der Waals surface area contributed by atoms with Crippen molar-refractivity contribution in [3.8, 4) is 0 Å². The molecule has 1 amide bonds. The van der Waals surface area contributed by atoms with E-state index in [1.54, 1.807) is 0 Å². The number of carbonyl (C=O) groups excluding carboxylic acids is 2. The van der Waals surface area contributed by atoms with Crippen molar-refractivity contribution < 1.29 is 24.5 Å². The van der Waals surface area contributed by atoms with E-state index >= 15 is 0 Å². The molecule has 2 atom stereocenters. The standard InChI is InChI=1S/C57H109NO5/c1-3-5-7-9-11-13-15-17-19-20-21-22-23-24-26-27-29-33-37-41-45-49-55(60)54(53-59)58-56(61)50-46-42-38-34-31-32-36-40-44-48-52-63-57(62)51-47-43-39-35-30-28-25-18-16-14-12-10-8-6-4-2/h12,14,18,25,54-55,59-60H,3-11,13,15-17,19-24,26-53H2,1-2H3,(H,58,61)/b14-12-,25-18-. The maximum absolute atomic E-state index is 12.5. The van der Waals surface area contributed by atoms with Crippen LogP contribution in [-0.2, 0) is 14.3 Å². The van der Waals surface area contributed by atoms with Gasteiger partial charge in [0.1, 0.15) is 0 Å². The van der Waals surface area contributed by atoms with Crippen LogP contribution >= 0.6 is 0 Å². The quantitative estimate of drug-likeness (QED) is 0.0321. The number of hydrogen-bond acceptors (Lipinski definition) is 5. The lowest BCUT2D eigenvalue weighted by atomic mass is 10.0. The number of aliphatic hydroxyl groups excluding tert-OH is 2. The summed E-state index contributed by atoms with van der Waals surface area (Å²) in [5.74, 6) is -0.0884. The molecule has 0 bridgehead atoms. The molecular weight excluding hydrogens is 779 g/mol. The van der Waals surface area contributed by atoms with Crippen LogP contribution in [0.2, 0.25) is 0 Å². The van der Waals surface area contributed by atoms with E-state index in [9.17, 15) is 19.8 Å². The Morgan fingerprint density at radius 2 is 0.794 bits per heavy atom. The van der Waals surface area contributed by atoms with Crippen molar-refractivity contribution in [1.29, 1.82) is 0 Å². The van der Waals surface area contributed by atoms with E-state index < -0.39 is 12.1 Å². The van der Waals surface area contributed by atoms with E-state index in [2.05, 4.69) is 43.5 Å². The first-order chi connectivity index (χ1) is 31.0. The number of hydrogen-bond donors (Lipinski definition) is 3. The first-order valence-corrected chi connectivity index (χ1v) is 28.1. The molecular formula is C57H109NO5. The van der Waals surface area contributed by atoms with Crippen LogP contribution in [-0.4, -0.2) is 47.4 Å². The molecule has 6 nitrogen and oxygen atoms in total. The maximum Gasteiger partial charge on any atom is 0.305 e. The van der Waals surface area contributed by atoms with E-state index in [4.69, 9.17) is 4.74 Å². The van der Waals surface area contributed by atoms with Gasteiger partial charge in [-0.05, 0) is 57.8 Å². The van der Waals surface area contributed by atoms with E-state index in [-0.39, 0.29) is 18.5 Å². The Kier molecular flexibility index (Phi) is 51.6. The van der Waals surface area contributed by atoms with Gasteiger partial charge in [0.2, 0.25) is 5.91 Å². The van der Waals surface area contributed by atoms with Crippen molar-refractivity contribution >= 4 is 11.9 Å². The van der Waals surface area contributed by atoms with Gasteiger partial charge in [-0.1, -0.05) is 256 Å². The van der Waals surface area contributed by atoms with Gasteiger partial charge in [0.25, 0.3) is 0 Å². The molecule has 0 aliphatic heterocycles. The van der Waals surface area contributed by atoms with Crippen LogP contribution in [0.1, 0.15) is 303 Å². The first-order valence-electron chi connectivity index (χ1n) is 28.1. The summed E-state index contributed by atoms with van der Waals surface area (Å²) in [6.45, 7) is 4.88. The average Bonchev–Trinajstić information content (AvgIpc) is 3.28. The summed E-state index contributed by atoms with van der Waals surface area (Å²) in [6, 6.07) is -0.560. The number of esters is 1. The van der Waals surface area contributed by atoms with Gasteiger partial charge in [0.15, 0.2) is 0 Å². The Morgan fingerprint density at radius 1 is 0.444 bits per heavy atom. The highest BCUT2D eigenvalue weighted by Crippen LogP contribution is 2.17. The molecule has 6 heteroatoms. The molecule has 63 heavy (non-hydrogen) atoms. The number of amides is 1. The molecule has 0 heterocycles. The van der Waals surface area contributed by atoms with Crippen LogP contribution in [0.3, 0.4) is 0 Å². The molecule has 0 rings (SSSR count). The van der Waals surface area contributed by atoms with Crippen LogP contribution in [0.15, 0.2) is 24.3 Å². The Labute approximate surface area is 392 Å². The number of ether oxygens (including phenoxy) is 1. The maximum atomic E-state index is 12.5. The van der Waals surface area contributed by atoms with Gasteiger partial charge in [-0.3, -0.25) is 9.59 Å². The fourth-order valence-electron chi connectivity index (χ4n) is 8.67. The summed E-state index contributed by atoms with van der Waals surface area (Å²) in [5, 5.41) is 23.3. The van der Waals surface area contributed by atoms with Gasteiger partial charge < -0.3 is 20.3 Å². The third-order valence-electron chi connectivity index (χ3n) is 13.0.